The Kier molecular flexibility index (Phi) is 8.96. The fourth-order valence-electron chi connectivity index (χ4n) is 4.15. The summed E-state index contributed by atoms with van der Waals surface area (Å²) in [4.78, 5) is 50.9. The lowest BCUT2D eigenvalue weighted by Crippen LogP contribution is -2.45. The number of methoxy groups -OCH3 is 1. The maximum atomic E-state index is 12.6. The number of esters is 1. The van der Waals surface area contributed by atoms with Crippen LogP contribution in [0.5, 0.6) is 0 Å². The molecule has 2 atom stereocenters. The van der Waals surface area contributed by atoms with Gasteiger partial charge < -0.3 is 10.1 Å². The van der Waals surface area contributed by atoms with Crippen molar-refractivity contribution < 1.29 is 23.9 Å². The van der Waals surface area contributed by atoms with Gasteiger partial charge in [0.2, 0.25) is 5.91 Å². The van der Waals surface area contributed by atoms with Crippen LogP contribution in [-0.2, 0) is 20.7 Å². The molecule has 180 valence electrons. The number of nitrogens with zero attached hydrogens (tertiary/aromatic N) is 1. The fourth-order valence-corrected chi connectivity index (χ4v) is 4.15. The summed E-state index contributed by atoms with van der Waals surface area (Å²) in [6, 6.07) is 15.7. The topological polar surface area (TPSA) is 92.8 Å². The molecule has 0 aromatic heterocycles. The molecule has 0 spiro atoms. The molecule has 1 aliphatic heterocycles. The van der Waals surface area contributed by atoms with Gasteiger partial charge >= 0.3 is 5.97 Å². The third kappa shape index (κ3) is 6.31. The third-order valence-electron chi connectivity index (χ3n) is 6.18. The number of amides is 3. The predicted molar refractivity (Wildman–Crippen MR) is 128 cm³/mol. The second-order valence-electron chi connectivity index (χ2n) is 8.69. The van der Waals surface area contributed by atoms with E-state index in [4.69, 9.17) is 4.74 Å². The van der Waals surface area contributed by atoms with E-state index in [2.05, 4.69) is 5.32 Å². The molecule has 3 rings (SSSR count). The molecule has 0 saturated carbocycles. The Bertz CT molecular complexity index is 986. The third-order valence-corrected chi connectivity index (χ3v) is 6.18. The van der Waals surface area contributed by atoms with Crippen molar-refractivity contribution in [1.29, 1.82) is 0 Å². The van der Waals surface area contributed by atoms with E-state index in [-0.39, 0.29) is 23.6 Å². The van der Waals surface area contributed by atoms with Gasteiger partial charge in [0.1, 0.15) is 6.04 Å². The van der Waals surface area contributed by atoms with Crippen LogP contribution in [0.15, 0.2) is 54.6 Å². The zero-order valence-corrected chi connectivity index (χ0v) is 19.8. The van der Waals surface area contributed by atoms with Gasteiger partial charge in [-0.3, -0.25) is 19.3 Å². The summed E-state index contributed by atoms with van der Waals surface area (Å²) in [5.74, 6) is -1.31. The molecular formula is C27H32N2O5. The second-order valence-corrected chi connectivity index (χ2v) is 8.69. The van der Waals surface area contributed by atoms with Gasteiger partial charge in [-0.15, -0.1) is 0 Å². The normalized spacial score (nSPS) is 14.5. The number of carbonyl (C=O) groups excluding carboxylic acids is 4. The number of imide groups is 1. The van der Waals surface area contributed by atoms with Crippen LogP contribution in [0.4, 0.5) is 0 Å². The number of ether oxygens (including phenoxy) is 1. The minimum Gasteiger partial charge on any atom is -0.467 e. The van der Waals surface area contributed by atoms with Gasteiger partial charge in [0.15, 0.2) is 0 Å². The summed E-state index contributed by atoms with van der Waals surface area (Å²) in [5.41, 5.74) is 1.90. The van der Waals surface area contributed by atoms with Gasteiger partial charge in [0.05, 0.1) is 18.2 Å². The SMILES string of the molecule is COC(=O)[C@H](Cc1ccccc1)NC(=O)[C@H](C)CCCCCCN1C(=O)c2ccccc2C1=O. The number of nitrogens with one attached hydrogen (secondary N) is 1. The molecule has 2 aromatic carbocycles. The molecule has 0 aliphatic carbocycles. The van der Waals surface area contributed by atoms with Crippen molar-refractivity contribution in [3.8, 4) is 0 Å². The summed E-state index contributed by atoms with van der Waals surface area (Å²) < 4.78 is 4.86. The van der Waals surface area contributed by atoms with Gasteiger partial charge in [-0.2, -0.15) is 0 Å². The lowest BCUT2D eigenvalue weighted by Gasteiger charge is -2.19. The molecule has 2 aromatic rings. The van der Waals surface area contributed by atoms with E-state index < -0.39 is 12.0 Å². The first-order valence-electron chi connectivity index (χ1n) is 11.8. The van der Waals surface area contributed by atoms with Crippen LogP contribution >= 0.6 is 0 Å². The van der Waals surface area contributed by atoms with E-state index in [0.717, 1.165) is 31.2 Å². The number of unbranched alkanes of at least 4 members (excludes halogenated alkanes) is 3. The van der Waals surface area contributed by atoms with E-state index in [1.807, 2.05) is 37.3 Å². The summed E-state index contributed by atoms with van der Waals surface area (Å²) >= 11 is 0. The van der Waals surface area contributed by atoms with Gasteiger partial charge in [-0.1, -0.05) is 68.7 Å². The fraction of sp³-hybridized carbons (Fsp3) is 0.407. The summed E-state index contributed by atoms with van der Waals surface area (Å²) in [6.07, 6.45) is 4.40. The number of fused-ring (bicyclic) bond motifs is 1. The van der Waals surface area contributed by atoms with Gasteiger partial charge in [-0.05, 0) is 30.5 Å². The number of carbonyl (C=O) groups is 4. The highest BCUT2D eigenvalue weighted by molar-refractivity contribution is 6.21. The lowest BCUT2D eigenvalue weighted by molar-refractivity contribution is -0.145. The average Bonchev–Trinajstić information content (AvgIpc) is 3.10. The molecule has 0 unspecified atom stereocenters. The number of rotatable bonds is 12. The Morgan fingerprint density at radius 1 is 0.882 bits per heavy atom. The molecule has 1 aliphatic rings. The maximum Gasteiger partial charge on any atom is 0.328 e. The maximum absolute atomic E-state index is 12.6. The van der Waals surface area contributed by atoms with Crippen molar-refractivity contribution >= 4 is 23.7 Å². The van der Waals surface area contributed by atoms with E-state index >= 15 is 0 Å². The highest BCUT2D eigenvalue weighted by atomic mass is 16.5. The first-order chi connectivity index (χ1) is 16.4. The molecule has 0 radical (unpaired) electrons. The van der Waals surface area contributed by atoms with Crippen LogP contribution in [0.1, 0.15) is 65.3 Å². The number of benzene rings is 2. The highest BCUT2D eigenvalue weighted by Gasteiger charge is 2.34. The molecule has 0 bridgehead atoms. The van der Waals surface area contributed by atoms with Crippen LogP contribution in [0, 0.1) is 5.92 Å². The standard InChI is InChI=1S/C27H32N2O5/c1-19(24(30)28-23(27(33)34-2)18-20-13-7-5-8-14-20)12-6-3-4-11-17-29-25(31)21-15-9-10-16-22(21)26(29)32/h5,7-10,13-16,19,23H,3-4,6,11-12,17-18H2,1-2H3,(H,28,30)/t19-,23+/m1/s1. The average molecular weight is 465 g/mol. The first kappa shape index (κ1) is 25.1. The van der Waals surface area contributed by atoms with Gasteiger partial charge in [0, 0.05) is 18.9 Å². The number of hydrogen-bond acceptors (Lipinski definition) is 5. The smallest absolute Gasteiger partial charge is 0.328 e. The van der Waals surface area contributed by atoms with Crippen LogP contribution in [0.3, 0.4) is 0 Å². The minimum atomic E-state index is -0.720. The molecule has 1 N–H and O–H groups in total. The van der Waals surface area contributed by atoms with Crippen molar-refractivity contribution in [1.82, 2.24) is 10.2 Å². The van der Waals surface area contributed by atoms with Crippen molar-refractivity contribution in [3.05, 3.63) is 71.3 Å². The van der Waals surface area contributed by atoms with Gasteiger partial charge in [-0.25, -0.2) is 4.79 Å². The van der Waals surface area contributed by atoms with E-state index in [9.17, 15) is 19.2 Å². The van der Waals surface area contributed by atoms with Crippen molar-refractivity contribution in [2.45, 2.75) is 51.5 Å². The van der Waals surface area contributed by atoms with Crippen molar-refractivity contribution in [2.24, 2.45) is 5.92 Å². The second kappa shape index (κ2) is 12.1. The van der Waals surface area contributed by atoms with Gasteiger partial charge in [0.25, 0.3) is 11.8 Å². The van der Waals surface area contributed by atoms with Crippen LogP contribution in [0.2, 0.25) is 0 Å². The molecule has 1 heterocycles. The summed E-state index contributed by atoms with van der Waals surface area (Å²) in [5, 5.41) is 2.83. The van der Waals surface area contributed by atoms with E-state index in [0.29, 0.717) is 30.5 Å². The molecule has 0 fully saturated rings. The Hall–Kier alpha value is -3.48. The molecule has 7 nitrogen and oxygen atoms in total. The number of hydrogen-bond donors (Lipinski definition) is 1. The Labute approximate surface area is 200 Å². The largest absolute Gasteiger partial charge is 0.467 e. The highest BCUT2D eigenvalue weighted by Crippen LogP contribution is 2.23. The zero-order valence-electron chi connectivity index (χ0n) is 19.8. The Balaban J connectivity index is 1.37. The predicted octanol–water partition coefficient (Wildman–Crippen LogP) is 3.77. The Morgan fingerprint density at radius 2 is 1.47 bits per heavy atom. The molecule has 0 saturated heterocycles. The zero-order chi connectivity index (χ0) is 24.5. The minimum absolute atomic E-state index is 0.169. The molecule has 3 amide bonds. The summed E-state index contributed by atoms with van der Waals surface area (Å²) in [6.45, 7) is 2.26. The quantitative estimate of drug-likeness (QED) is 0.293. The van der Waals surface area contributed by atoms with E-state index in [1.165, 1.54) is 12.0 Å². The Morgan fingerprint density at radius 3 is 2.09 bits per heavy atom. The molecule has 7 heteroatoms. The molecule has 34 heavy (non-hydrogen) atoms. The monoisotopic (exact) mass is 464 g/mol. The van der Waals surface area contributed by atoms with Crippen molar-refractivity contribution in [3.63, 3.8) is 0 Å². The lowest BCUT2D eigenvalue weighted by atomic mass is 10.00. The van der Waals surface area contributed by atoms with E-state index in [1.54, 1.807) is 24.3 Å². The molecular weight excluding hydrogens is 432 g/mol. The van der Waals surface area contributed by atoms with Crippen LogP contribution in [-0.4, -0.2) is 48.3 Å². The first-order valence-corrected chi connectivity index (χ1v) is 11.8. The van der Waals surface area contributed by atoms with Crippen LogP contribution in [0.25, 0.3) is 0 Å². The van der Waals surface area contributed by atoms with Crippen molar-refractivity contribution in [2.75, 3.05) is 13.7 Å². The summed E-state index contributed by atoms with van der Waals surface area (Å²) in [7, 11) is 1.32. The van der Waals surface area contributed by atoms with Crippen LogP contribution < -0.4 is 5.32 Å².